The molecule has 3 N–H and O–H groups in total. The molecule has 0 spiro atoms. The SMILES string of the molecule is O=C(NO)[C@H]1NC(=O)[C@@H]1Cc1ccc(OCc2cc(-c3ccccc3)nc3ccccc23)cc1. The molecule has 0 saturated carbocycles. The van der Waals surface area contributed by atoms with E-state index in [0.717, 1.165) is 33.3 Å². The fourth-order valence-electron chi connectivity index (χ4n) is 4.20. The van der Waals surface area contributed by atoms with Gasteiger partial charge in [-0.2, -0.15) is 0 Å². The average molecular weight is 453 g/mol. The first-order chi connectivity index (χ1) is 16.6. The molecule has 1 aliphatic heterocycles. The van der Waals surface area contributed by atoms with E-state index in [1.807, 2.05) is 78.9 Å². The van der Waals surface area contributed by atoms with Crippen LogP contribution in [0.3, 0.4) is 0 Å². The molecule has 1 aliphatic rings. The number of rotatable bonds is 7. The first-order valence-corrected chi connectivity index (χ1v) is 11.0. The highest BCUT2D eigenvalue weighted by atomic mass is 16.5. The number of hydroxylamine groups is 1. The second-order valence-corrected chi connectivity index (χ2v) is 8.26. The molecule has 2 atom stereocenters. The standard InChI is InChI=1S/C27H23N3O4/c31-26-22(25(29-26)27(32)30-33)14-17-10-12-20(13-11-17)34-16-19-15-24(18-6-2-1-3-7-18)28-23-9-5-4-8-21(19)23/h1-13,15,22,25,33H,14,16H2,(H,29,31)(H,30,32)/t22-,25+/m1/s1. The van der Waals surface area contributed by atoms with Gasteiger partial charge in [-0.3, -0.25) is 14.8 Å². The Morgan fingerprint density at radius 2 is 1.74 bits per heavy atom. The number of aromatic nitrogens is 1. The topological polar surface area (TPSA) is 101 Å². The molecule has 3 aromatic carbocycles. The number of hydrogen-bond acceptors (Lipinski definition) is 5. The second-order valence-electron chi connectivity index (χ2n) is 8.26. The summed E-state index contributed by atoms with van der Waals surface area (Å²) >= 11 is 0. The number of ether oxygens (including phenoxy) is 1. The number of pyridine rings is 1. The Kier molecular flexibility index (Phi) is 5.93. The summed E-state index contributed by atoms with van der Waals surface area (Å²) in [5.41, 5.74) is 6.40. The van der Waals surface area contributed by atoms with Gasteiger partial charge < -0.3 is 10.1 Å². The first-order valence-electron chi connectivity index (χ1n) is 11.0. The zero-order chi connectivity index (χ0) is 23.5. The van der Waals surface area contributed by atoms with Crippen LogP contribution in [0, 0.1) is 5.92 Å². The van der Waals surface area contributed by atoms with Crippen LogP contribution in [0.4, 0.5) is 0 Å². The summed E-state index contributed by atoms with van der Waals surface area (Å²) in [5.74, 6) is -0.608. The van der Waals surface area contributed by atoms with E-state index in [1.165, 1.54) is 0 Å². The summed E-state index contributed by atoms with van der Waals surface area (Å²) in [6, 6.07) is 26.9. The van der Waals surface area contributed by atoms with Crippen molar-refractivity contribution in [2.24, 2.45) is 5.92 Å². The van der Waals surface area contributed by atoms with E-state index in [9.17, 15) is 9.59 Å². The van der Waals surface area contributed by atoms with Crippen molar-refractivity contribution in [2.45, 2.75) is 19.1 Å². The fourth-order valence-corrected chi connectivity index (χ4v) is 4.20. The Balaban J connectivity index is 1.31. The highest BCUT2D eigenvalue weighted by Gasteiger charge is 2.43. The van der Waals surface area contributed by atoms with Crippen LogP contribution in [-0.2, 0) is 22.6 Å². The molecule has 5 rings (SSSR count). The van der Waals surface area contributed by atoms with Gasteiger partial charge in [0.15, 0.2) is 0 Å². The minimum atomic E-state index is -0.716. The van der Waals surface area contributed by atoms with Crippen LogP contribution in [0.5, 0.6) is 5.75 Å². The number of β-lactam (4-membered cyclic amide) rings is 1. The Morgan fingerprint density at radius 1 is 1.00 bits per heavy atom. The normalized spacial score (nSPS) is 17.0. The lowest BCUT2D eigenvalue weighted by Gasteiger charge is -2.34. The fraction of sp³-hybridized carbons (Fsp3) is 0.148. The molecule has 0 aliphatic carbocycles. The molecular weight excluding hydrogens is 430 g/mol. The molecule has 1 fully saturated rings. The lowest BCUT2D eigenvalue weighted by molar-refractivity contribution is -0.147. The molecule has 34 heavy (non-hydrogen) atoms. The number of hydrogen-bond donors (Lipinski definition) is 3. The smallest absolute Gasteiger partial charge is 0.266 e. The Labute approximate surface area is 196 Å². The minimum Gasteiger partial charge on any atom is -0.489 e. The molecule has 4 aromatic rings. The molecule has 170 valence electrons. The van der Waals surface area contributed by atoms with Gasteiger partial charge in [-0.15, -0.1) is 0 Å². The molecule has 1 aromatic heterocycles. The van der Waals surface area contributed by atoms with Crippen molar-refractivity contribution in [3.8, 4) is 17.0 Å². The molecule has 1 saturated heterocycles. The van der Waals surface area contributed by atoms with E-state index >= 15 is 0 Å². The van der Waals surface area contributed by atoms with Crippen molar-refractivity contribution >= 4 is 22.7 Å². The third-order valence-electron chi connectivity index (χ3n) is 6.07. The summed E-state index contributed by atoms with van der Waals surface area (Å²) in [6.45, 7) is 0.381. The number of nitrogens with one attached hydrogen (secondary N) is 2. The highest BCUT2D eigenvalue weighted by molar-refractivity contribution is 5.99. The van der Waals surface area contributed by atoms with Crippen molar-refractivity contribution in [1.82, 2.24) is 15.8 Å². The Hall–Kier alpha value is -4.23. The summed E-state index contributed by atoms with van der Waals surface area (Å²) in [6.07, 6.45) is 0.402. The number of benzene rings is 3. The van der Waals surface area contributed by atoms with Crippen molar-refractivity contribution in [2.75, 3.05) is 0 Å². The van der Waals surface area contributed by atoms with E-state index in [2.05, 4.69) is 11.4 Å². The molecule has 0 bridgehead atoms. The van der Waals surface area contributed by atoms with E-state index in [1.54, 1.807) is 5.48 Å². The molecule has 7 nitrogen and oxygen atoms in total. The van der Waals surface area contributed by atoms with Crippen LogP contribution in [0.1, 0.15) is 11.1 Å². The molecule has 0 radical (unpaired) electrons. The van der Waals surface area contributed by atoms with Crippen LogP contribution < -0.4 is 15.5 Å². The van der Waals surface area contributed by atoms with Gasteiger partial charge in [-0.25, -0.2) is 10.5 Å². The van der Waals surface area contributed by atoms with Crippen LogP contribution >= 0.6 is 0 Å². The van der Waals surface area contributed by atoms with Crippen molar-refractivity contribution in [3.63, 3.8) is 0 Å². The molecule has 7 heteroatoms. The van der Waals surface area contributed by atoms with Gasteiger partial charge in [0, 0.05) is 16.5 Å². The van der Waals surface area contributed by atoms with E-state index in [4.69, 9.17) is 14.9 Å². The van der Waals surface area contributed by atoms with Crippen LogP contribution in [-0.4, -0.2) is 28.0 Å². The maximum absolute atomic E-state index is 11.8. The predicted octanol–water partition coefficient (Wildman–Crippen LogP) is 3.64. The third-order valence-corrected chi connectivity index (χ3v) is 6.07. The minimum absolute atomic E-state index is 0.201. The Morgan fingerprint density at radius 3 is 2.47 bits per heavy atom. The molecule has 2 amide bonds. The van der Waals surface area contributed by atoms with E-state index < -0.39 is 17.9 Å². The van der Waals surface area contributed by atoms with Gasteiger partial charge in [0.2, 0.25) is 5.91 Å². The summed E-state index contributed by atoms with van der Waals surface area (Å²) < 4.78 is 6.08. The van der Waals surface area contributed by atoms with Gasteiger partial charge in [0.1, 0.15) is 18.4 Å². The van der Waals surface area contributed by atoms with Gasteiger partial charge in [-0.05, 0) is 36.2 Å². The van der Waals surface area contributed by atoms with Crippen molar-refractivity contribution in [1.29, 1.82) is 0 Å². The number of nitrogens with zero attached hydrogens (tertiary/aromatic N) is 1. The number of para-hydroxylation sites is 1. The van der Waals surface area contributed by atoms with Gasteiger partial charge >= 0.3 is 0 Å². The van der Waals surface area contributed by atoms with Crippen molar-refractivity contribution < 1.29 is 19.5 Å². The predicted molar refractivity (Wildman–Crippen MR) is 127 cm³/mol. The zero-order valence-electron chi connectivity index (χ0n) is 18.3. The van der Waals surface area contributed by atoms with E-state index in [0.29, 0.717) is 18.8 Å². The maximum atomic E-state index is 11.8. The quantitative estimate of drug-likeness (QED) is 0.225. The molecule has 0 unspecified atom stereocenters. The monoisotopic (exact) mass is 453 g/mol. The van der Waals surface area contributed by atoms with Crippen molar-refractivity contribution in [3.05, 3.63) is 96.1 Å². The highest BCUT2D eigenvalue weighted by Crippen LogP contribution is 2.27. The lowest BCUT2D eigenvalue weighted by atomic mass is 9.84. The Bertz CT molecular complexity index is 1340. The number of fused-ring (bicyclic) bond motifs is 1. The largest absolute Gasteiger partial charge is 0.489 e. The van der Waals surface area contributed by atoms with Crippen LogP contribution in [0.25, 0.3) is 22.2 Å². The summed E-state index contributed by atoms with van der Waals surface area (Å²) in [7, 11) is 0. The first kappa shape index (κ1) is 21.6. The van der Waals surface area contributed by atoms with Crippen LogP contribution in [0.15, 0.2) is 84.9 Å². The number of carbonyl (C=O) groups excluding carboxylic acids is 2. The molecule has 2 heterocycles. The number of carbonyl (C=O) groups is 2. The van der Waals surface area contributed by atoms with Gasteiger partial charge in [0.05, 0.1) is 17.1 Å². The summed E-state index contributed by atoms with van der Waals surface area (Å²) in [4.78, 5) is 28.3. The average Bonchev–Trinajstić information content (AvgIpc) is 2.89. The third kappa shape index (κ3) is 4.33. The molecular formula is C27H23N3O4. The lowest BCUT2D eigenvalue weighted by Crippen LogP contribution is -2.64. The van der Waals surface area contributed by atoms with Crippen LogP contribution in [0.2, 0.25) is 0 Å². The van der Waals surface area contributed by atoms with Gasteiger partial charge in [-0.1, -0.05) is 60.7 Å². The van der Waals surface area contributed by atoms with Gasteiger partial charge in [0.25, 0.3) is 5.91 Å². The number of amides is 2. The maximum Gasteiger partial charge on any atom is 0.266 e. The zero-order valence-corrected chi connectivity index (χ0v) is 18.3. The second kappa shape index (κ2) is 9.33. The summed E-state index contributed by atoms with van der Waals surface area (Å²) in [5, 5.41) is 12.4. The van der Waals surface area contributed by atoms with E-state index in [-0.39, 0.29) is 5.91 Å².